The molecular formula is C19H20Br2O3S2. The summed E-state index contributed by atoms with van der Waals surface area (Å²) in [4.78, 5) is 14.7. The lowest BCUT2D eigenvalue weighted by Gasteiger charge is -2.21. The third-order valence-electron chi connectivity index (χ3n) is 4.22. The Bertz CT molecular complexity index is 657. The highest BCUT2D eigenvalue weighted by Crippen LogP contribution is 2.30. The fourth-order valence-electron chi connectivity index (χ4n) is 2.69. The lowest BCUT2D eigenvalue weighted by atomic mass is 9.86. The molecule has 0 amide bonds. The summed E-state index contributed by atoms with van der Waals surface area (Å²) in [5, 5.41) is 1.03. The zero-order valence-electron chi connectivity index (χ0n) is 14.5. The number of ketones is 1. The quantitative estimate of drug-likeness (QED) is 0.384. The lowest BCUT2D eigenvalue weighted by Crippen LogP contribution is -2.23. The van der Waals surface area contributed by atoms with Gasteiger partial charge in [-0.1, -0.05) is 56.1 Å². The Balaban J connectivity index is 2.26. The molecule has 0 saturated carbocycles. The molecule has 0 aliphatic heterocycles. The number of rotatable bonds is 8. The molecule has 2 rings (SSSR count). The van der Waals surface area contributed by atoms with E-state index in [9.17, 15) is 13.9 Å². The van der Waals surface area contributed by atoms with E-state index in [2.05, 4.69) is 31.9 Å². The van der Waals surface area contributed by atoms with Crippen molar-refractivity contribution in [3.63, 3.8) is 0 Å². The summed E-state index contributed by atoms with van der Waals surface area (Å²) in [5.74, 6) is -0.483. The number of Topliss-reactive ketones (excluding diaryl/α,β-unsaturated/α-hetero) is 1. The highest BCUT2D eigenvalue weighted by Gasteiger charge is 2.28. The van der Waals surface area contributed by atoms with Gasteiger partial charge < -0.3 is 9.11 Å². The standard InChI is InChI=1S/C19H20Br2O3S2/c1-25(23)15-7-3-13(4-8-15)17(11-20)19(22)18(12-21)14-5-9-16(10-6-14)26(2)24/h3-10,17-18H,11-12H2,1-2H3. The van der Waals surface area contributed by atoms with Gasteiger partial charge in [-0.05, 0) is 57.7 Å². The SMILES string of the molecule is C[S+]([O-])c1ccc(C(CBr)C(=O)C(CBr)c2ccc([S+](C)[O-])cc2)cc1. The van der Waals surface area contributed by atoms with E-state index in [1.165, 1.54) is 0 Å². The van der Waals surface area contributed by atoms with Crippen LogP contribution in [0.15, 0.2) is 58.3 Å². The van der Waals surface area contributed by atoms with Crippen LogP contribution in [-0.2, 0) is 27.1 Å². The summed E-state index contributed by atoms with van der Waals surface area (Å²) in [6, 6.07) is 14.7. The van der Waals surface area contributed by atoms with E-state index >= 15 is 0 Å². The van der Waals surface area contributed by atoms with Gasteiger partial charge in [0.25, 0.3) is 0 Å². The van der Waals surface area contributed by atoms with Crippen LogP contribution in [0.1, 0.15) is 23.0 Å². The molecule has 0 bridgehead atoms. The first kappa shape index (κ1) is 22.0. The number of hydrogen-bond donors (Lipinski definition) is 0. The lowest BCUT2D eigenvalue weighted by molar-refractivity contribution is -0.121. The molecule has 26 heavy (non-hydrogen) atoms. The van der Waals surface area contributed by atoms with Gasteiger partial charge in [0.05, 0.1) is 11.8 Å². The van der Waals surface area contributed by atoms with Crippen molar-refractivity contribution < 1.29 is 13.9 Å². The van der Waals surface area contributed by atoms with Crippen LogP contribution >= 0.6 is 31.9 Å². The van der Waals surface area contributed by atoms with Crippen molar-refractivity contribution >= 4 is 60.0 Å². The molecule has 0 aromatic heterocycles. The van der Waals surface area contributed by atoms with E-state index < -0.39 is 22.4 Å². The summed E-state index contributed by atoms with van der Waals surface area (Å²) < 4.78 is 23.1. The normalized spacial score (nSPS) is 15.9. The van der Waals surface area contributed by atoms with Crippen molar-refractivity contribution in [1.29, 1.82) is 0 Å². The van der Waals surface area contributed by atoms with Crippen LogP contribution in [0.25, 0.3) is 0 Å². The maximum absolute atomic E-state index is 13.2. The summed E-state index contributed by atoms with van der Waals surface area (Å²) >= 11 is 4.85. The molecule has 0 fully saturated rings. The molecule has 0 aliphatic carbocycles. The first-order valence-electron chi connectivity index (χ1n) is 7.91. The van der Waals surface area contributed by atoms with Crippen LogP contribution in [0, 0.1) is 0 Å². The largest absolute Gasteiger partial charge is 0.612 e. The van der Waals surface area contributed by atoms with Gasteiger partial charge in [0.2, 0.25) is 0 Å². The van der Waals surface area contributed by atoms with Crippen LogP contribution in [0.2, 0.25) is 0 Å². The molecule has 0 aliphatic rings. The topological polar surface area (TPSA) is 63.2 Å². The van der Waals surface area contributed by atoms with Crippen molar-refractivity contribution in [3.05, 3.63) is 59.7 Å². The van der Waals surface area contributed by atoms with Crippen molar-refractivity contribution in [2.45, 2.75) is 21.6 Å². The van der Waals surface area contributed by atoms with E-state index in [4.69, 9.17) is 0 Å². The minimum Gasteiger partial charge on any atom is -0.612 e. The fourth-order valence-corrected chi connectivity index (χ4v) is 5.11. The summed E-state index contributed by atoms with van der Waals surface area (Å²) in [7, 11) is 0. The molecule has 0 N–H and O–H groups in total. The molecule has 2 aromatic rings. The van der Waals surface area contributed by atoms with Gasteiger partial charge in [-0.25, -0.2) is 0 Å². The Morgan fingerprint density at radius 3 is 1.35 bits per heavy atom. The van der Waals surface area contributed by atoms with E-state index in [0.29, 0.717) is 10.7 Å². The Labute approximate surface area is 177 Å². The zero-order valence-corrected chi connectivity index (χ0v) is 19.3. The molecule has 2 aromatic carbocycles. The molecule has 4 atom stereocenters. The van der Waals surface area contributed by atoms with Gasteiger partial charge in [0, 0.05) is 10.7 Å². The first-order chi connectivity index (χ1) is 12.4. The van der Waals surface area contributed by atoms with E-state index in [-0.39, 0.29) is 17.6 Å². The van der Waals surface area contributed by atoms with E-state index in [1.54, 1.807) is 12.5 Å². The maximum Gasteiger partial charge on any atom is 0.152 e. The molecule has 3 nitrogen and oxygen atoms in total. The predicted molar refractivity (Wildman–Crippen MR) is 116 cm³/mol. The average Bonchev–Trinajstić information content (AvgIpc) is 2.64. The van der Waals surface area contributed by atoms with Gasteiger partial charge in [-0.2, -0.15) is 0 Å². The predicted octanol–water partition coefficient (Wildman–Crippen LogP) is 4.39. The number of hydrogen-bond acceptors (Lipinski definition) is 3. The molecule has 0 spiro atoms. The second kappa shape index (κ2) is 10.3. The van der Waals surface area contributed by atoms with Gasteiger partial charge in [0.15, 0.2) is 9.79 Å². The van der Waals surface area contributed by atoms with Crippen LogP contribution in [-0.4, -0.2) is 38.1 Å². The van der Waals surface area contributed by atoms with Crippen LogP contribution in [0.5, 0.6) is 0 Å². The highest BCUT2D eigenvalue weighted by atomic mass is 79.9. The van der Waals surface area contributed by atoms with Crippen molar-refractivity contribution in [2.75, 3.05) is 23.2 Å². The molecule has 0 radical (unpaired) electrons. The highest BCUT2D eigenvalue weighted by molar-refractivity contribution is 9.09. The average molecular weight is 520 g/mol. The Kier molecular flexibility index (Phi) is 8.70. The maximum atomic E-state index is 13.2. The minimum absolute atomic E-state index is 0.106. The van der Waals surface area contributed by atoms with Gasteiger partial charge in [0.1, 0.15) is 18.3 Å². The van der Waals surface area contributed by atoms with Crippen LogP contribution in [0.3, 0.4) is 0 Å². The summed E-state index contributed by atoms with van der Waals surface area (Å²) in [6.07, 6.45) is 3.27. The third-order valence-corrected chi connectivity index (χ3v) is 7.39. The van der Waals surface area contributed by atoms with Crippen LogP contribution < -0.4 is 0 Å². The molecule has 0 heterocycles. The van der Waals surface area contributed by atoms with E-state index in [0.717, 1.165) is 20.9 Å². The number of carbonyl (C=O) groups excluding carboxylic acids is 1. The number of alkyl halides is 2. The van der Waals surface area contributed by atoms with Gasteiger partial charge in [-0.15, -0.1) is 0 Å². The van der Waals surface area contributed by atoms with Crippen molar-refractivity contribution in [1.82, 2.24) is 0 Å². The van der Waals surface area contributed by atoms with Gasteiger partial charge in [-0.3, -0.25) is 4.79 Å². The third kappa shape index (κ3) is 5.36. The second-order valence-electron chi connectivity index (χ2n) is 5.86. The van der Waals surface area contributed by atoms with Crippen molar-refractivity contribution in [2.24, 2.45) is 0 Å². The molecule has 7 heteroatoms. The first-order valence-corrected chi connectivity index (χ1v) is 13.3. The number of halogens is 2. The molecule has 140 valence electrons. The monoisotopic (exact) mass is 518 g/mol. The molecular weight excluding hydrogens is 500 g/mol. The smallest absolute Gasteiger partial charge is 0.152 e. The van der Waals surface area contributed by atoms with Crippen molar-refractivity contribution in [3.8, 4) is 0 Å². The Hall–Kier alpha value is -0.310. The second-order valence-corrected chi connectivity index (χ2v) is 9.92. The molecule has 0 saturated heterocycles. The van der Waals surface area contributed by atoms with E-state index in [1.807, 2.05) is 48.5 Å². The Morgan fingerprint density at radius 1 is 0.808 bits per heavy atom. The zero-order chi connectivity index (χ0) is 19.3. The molecule has 4 unspecified atom stereocenters. The Morgan fingerprint density at radius 2 is 1.12 bits per heavy atom. The number of carbonyl (C=O) groups is 1. The summed E-state index contributed by atoms with van der Waals surface area (Å²) in [6.45, 7) is 0. The van der Waals surface area contributed by atoms with Gasteiger partial charge >= 0.3 is 0 Å². The van der Waals surface area contributed by atoms with Crippen LogP contribution in [0.4, 0.5) is 0 Å². The number of benzene rings is 2. The summed E-state index contributed by atoms with van der Waals surface area (Å²) in [5.41, 5.74) is 1.80. The minimum atomic E-state index is -1.04. The fraction of sp³-hybridized carbons (Fsp3) is 0.316.